The third kappa shape index (κ3) is 5.94. The Labute approximate surface area is 136 Å². The van der Waals surface area contributed by atoms with E-state index in [1.165, 1.54) is 11.1 Å². The van der Waals surface area contributed by atoms with Crippen LogP contribution in [-0.4, -0.2) is 21.9 Å². The van der Waals surface area contributed by atoms with Gasteiger partial charge in [-0.25, -0.2) is 4.79 Å². The second-order valence-corrected chi connectivity index (χ2v) is 6.27. The number of aryl methyl sites for hydroxylation is 1. The molecule has 1 aromatic heterocycles. The number of hydrogen-bond donors (Lipinski definition) is 2. The molecule has 0 aliphatic rings. The van der Waals surface area contributed by atoms with Crippen molar-refractivity contribution in [3.05, 3.63) is 47.5 Å². The van der Waals surface area contributed by atoms with Crippen molar-refractivity contribution in [2.75, 3.05) is 10.6 Å². The lowest BCUT2D eigenvalue weighted by Gasteiger charge is -2.19. The summed E-state index contributed by atoms with van der Waals surface area (Å²) in [5.74, 6) is 0.988. The second-order valence-electron chi connectivity index (χ2n) is 6.27. The summed E-state index contributed by atoms with van der Waals surface area (Å²) >= 11 is 0. The van der Waals surface area contributed by atoms with E-state index in [2.05, 4.69) is 39.9 Å². The highest BCUT2D eigenvalue weighted by molar-refractivity contribution is 5.83. The van der Waals surface area contributed by atoms with Crippen LogP contribution in [-0.2, 0) is 11.3 Å². The van der Waals surface area contributed by atoms with E-state index in [0.29, 0.717) is 18.2 Å². The van der Waals surface area contributed by atoms with Gasteiger partial charge >= 0.3 is 6.09 Å². The Balaban J connectivity index is 1.88. The summed E-state index contributed by atoms with van der Waals surface area (Å²) in [6.45, 7) is 8.12. The van der Waals surface area contributed by atoms with E-state index in [4.69, 9.17) is 4.74 Å². The first kappa shape index (κ1) is 16.7. The molecule has 0 atom stereocenters. The van der Waals surface area contributed by atoms with Gasteiger partial charge in [0.2, 0.25) is 0 Å². The molecule has 23 heavy (non-hydrogen) atoms. The van der Waals surface area contributed by atoms with Gasteiger partial charge in [-0.1, -0.05) is 29.8 Å². The smallest absolute Gasteiger partial charge is 0.413 e. The third-order valence-corrected chi connectivity index (χ3v) is 2.85. The Bertz CT molecular complexity index is 663. The summed E-state index contributed by atoms with van der Waals surface area (Å²) in [6, 6.07) is 11.7. The lowest BCUT2D eigenvalue weighted by molar-refractivity contribution is 0.0635. The summed E-state index contributed by atoms with van der Waals surface area (Å²) in [6.07, 6.45) is -0.549. The number of carbonyl (C=O) groups excluding carboxylic acids is 1. The van der Waals surface area contributed by atoms with E-state index in [9.17, 15) is 4.79 Å². The highest BCUT2D eigenvalue weighted by atomic mass is 16.6. The minimum atomic E-state index is -0.549. The number of nitrogens with one attached hydrogen (secondary N) is 2. The molecule has 0 aliphatic heterocycles. The molecule has 6 nitrogen and oxygen atoms in total. The predicted molar refractivity (Wildman–Crippen MR) is 90.4 cm³/mol. The minimum Gasteiger partial charge on any atom is -0.444 e. The largest absolute Gasteiger partial charge is 0.444 e. The van der Waals surface area contributed by atoms with Gasteiger partial charge < -0.3 is 10.1 Å². The minimum absolute atomic E-state index is 0.348. The molecule has 0 unspecified atom stereocenters. The summed E-state index contributed by atoms with van der Waals surface area (Å²) in [4.78, 5) is 11.6. The average Bonchev–Trinajstić information content (AvgIpc) is 2.44. The maximum Gasteiger partial charge on any atom is 0.413 e. The fraction of sp³-hybridized carbons (Fsp3) is 0.353. The molecule has 0 aliphatic carbocycles. The number of rotatable bonds is 4. The third-order valence-electron chi connectivity index (χ3n) is 2.85. The van der Waals surface area contributed by atoms with Crippen LogP contribution in [0.25, 0.3) is 0 Å². The van der Waals surface area contributed by atoms with Crippen LogP contribution in [0.4, 0.5) is 16.4 Å². The monoisotopic (exact) mass is 314 g/mol. The maximum absolute atomic E-state index is 11.6. The number of amides is 1. The number of carbonyl (C=O) groups is 1. The number of aromatic nitrogens is 2. The zero-order chi connectivity index (χ0) is 16.9. The fourth-order valence-electron chi connectivity index (χ4n) is 1.92. The van der Waals surface area contributed by atoms with Crippen molar-refractivity contribution in [1.29, 1.82) is 0 Å². The van der Waals surface area contributed by atoms with Crippen molar-refractivity contribution < 1.29 is 9.53 Å². The van der Waals surface area contributed by atoms with Gasteiger partial charge in [-0.3, -0.25) is 5.32 Å². The van der Waals surface area contributed by atoms with E-state index >= 15 is 0 Å². The average molecular weight is 314 g/mol. The topological polar surface area (TPSA) is 76.1 Å². The van der Waals surface area contributed by atoms with Crippen molar-refractivity contribution in [3.63, 3.8) is 0 Å². The normalized spacial score (nSPS) is 11.0. The number of nitrogens with zero attached hydrogens (tertiary/aromatic N) is 2. The molecule has 0 spiro atoms. The van der Waals surface area contributed by atoms with Crippen LogP contribution in [0.1, 0.15) is 31.9 Å². The molecule has 1 heterocycles. The Morgan fingerprint density at radius 2 is 1.83 bits per heavy atom. The first-order valence-electron chi connectivity index (χ1n) is 7.45. The summed E-state index contributed by atoms with van der Waals surface area (Å²) in [7, 11) is 0. The van der Waals surface area contributed by atoms with E-state index in [1.807, 2.05) is 12.1 Å². The molecule has 122 valence electrons. The Kier molecular flexibility index (Phi) is 5.16. The van der Waals surface area contributed by atoms with Gasteiger partial charge in [0.05, 0.1) is 0 Å². The van der Waals surface area contributed by atoms with Crippen molar-refractivity contribution in [1.82, 2.24) is 10.2 Å². The molecule has 2 N–H and O–H groups in total. The molecule has 6 heteroatoms. The Morgan fingerprint density at radius 1 is 1.13 bits per heavy atom. The zero-order valence-corrected chi connectivity index (χ0v) is 13.9. The summed E-state index contributed by atoms with van der Waals surface area (Å²) in [5.41, 5.74) is 1.84. The van der Waals surface area contributed by atoms with Crippen molar-refractivity contribution in [3.8, 4) is 0 Å². The fourth-order valence-corrected chi connectivity index (χ4v) is 1.92. The quantitative estimate of drug-likeness (QED) is 0.899. The molecule has 0 saturated heterocycles. The maximum atomic E-state index is 11.6. The molecule has 0 bridgehead atoms. The number of benzene rings is 1. The van der Waals surface area contributed by atoms with Gasteiger partial charge in [0, 0.05) is 6.54 Å². The number of ether oxygens (including phenoxy) is 1. The molecule has 0 radical (unpaired) electrons. The zero-order valence-electron chi connectivity index (χ0n) is 13.9. The van der Waals surface area contributed by atoms with E-state index < -0.39 is 11.7 Å². The van der Waals surface area contributed by atoms with Crippen molar-refractivity contribution in [2.24, 2.45) is 0 Å². The highest BCUT2D eigenvalue weighted by Crippen LogP contribution is 2.12. The van der Waals surface area contributed by atoms with Gasteiger partial charge in [0.1, 0.15) is 11.4 Å². The van der Waals surface area contributed by atoms with Gasteiger partial charge in [0.15, 0.2) is 5.82 Å². The van der Waals surface area contributed by atoms with Gasteiger partial charge in [0.25, 0.3) is 0 Å². The SMILES string of the molecule is Cc1cccc(CNc2ccc(NC(=O)OC(C)(C)C)nn2)c1. The van der Waals surface area contributed by atoms with Gasteiger partial charge in [-0.15, -0.1) is 10.2 Å². The standard InChI is InChI=1S/C17H22N4O2/c1-12-6-5-7-13(10-12)11-18-14-8-9-15(21-20-14)19-16(22)23-17(2,3)4/h5-10H,11H2,1-4H3,(H,18,20)(H,19,21,22). The molecule has 0 saturated carbocycles. The Hall–Kier alpha value is -2.63. The first-order valence-corrected chi connectivity index (χ1v) is 7.45. The molecule has 1 amide bonds. The lowest BCUT2D eigenvalue weighted by Crippen LogP contribution is -2.27. The van der Waals surface area contributed by atoms with Crippen LogP contribution in [0.15, 0.2) is 36.4 Å². The molecule has 2 rings (SSSR count). The highest BCUT2D eigenvalue weighted by Gasteiger charge is 2.16. The molecular weight excluding hydrogens is 292 g/mol. The van der Waals surface area contributed by atoms with Gasteiger partial charge in [-0.2, -0.15) is 0 Å². The van der Waals surface area contributed by atoms with Crippen LogP contribution >= 0.6 is 0 Å². The van der Waals surface area contributed by atoms with E-state index in [0.717, 1.165) is 0 Å². The summed E-state index contributed by atoms with van der Waals surface area (Å²) in [5, 5.41) is 13.7. The van der Waals surface area contributed by atoms with Crippen LogP contribution in [0.2, 0.25) is 0 Å². The lowest BCUT2D eigenvalue weighted by atomic mass is 10.1. The van der Waals surface area contributed by atoms with Crippen LogP contribution in [0.3, 0.4) is 0 Å². The molecular formula is C17H22N4O2. The van der Waals surface area contributed by atoms with Crippen LogP contribution < -0.4 is 10.6 Å². The second kappa shape index (κ2) is 7.09. The number of anilines is 2. The van der Waals surface area contributed by atoms with Gasteiger partial charge in [-0.05, 0) is 45.4 Å². The Morgan fingerprint density at radius 3 is 2.43 bits per heavy atom. The van der Waals surface area contributed by atoms with Crippen molar-refractivity contribution >= 4 is 17.7 Å². The first-order chi connectivity index (χ1) is 10.8. The molecule has 1 aromatic carbocycles. The predicted octanol–water partition coefficient (Wildman–Crippen LogP) is 3.74. The molecule has 2 aromatic rings. The van der Waals surface area contributed by atoms with E-state index in [1.54, 1.807) is 32.9 Å². The molecule has 0 fully saturated rings. The van der Waals surface area contributed by atoms with E-state index in [-0.39, 0.29) is 0 Å². The summed E-state index contributed by atoms with van der Waals surface area (Å²) < 4.78 is 5.15. The van der Waals surface area contributed by atoms with Crippen LogP contribution in [0, 0.1) is 6.92 Å². The van der Waals surface area contributed by atoms with Crippen LogP contribution in [0.5, 0.6) is 0 Å². The van der Waals surface area contributed by atoms with Crippen molar-refractivity contribution in [2.45, 2.75) is 39.8 Å². The number of hydrogen-bond acceptors (Lipinski definition) is 5.